The quantitative estimate of drug-likeness (QED) is 0.604. The van der Waals surface area contributed by atoms with Crippen LogP contribution in [-0.4, -0.2) is 11.7 Å². The molecule has 0 unspecified atom stereocenters. The van der Waals surface area contributed by atoms with Crippen molar-refractivity contribution in [3.8, 4) is 0 Å². The van der Waals surface area contributed by atoms with E-state index in [9.17, 15) is 4.79 Å². The van der Waals surface area contributed by atoms with Gasteiger partial charge in [-0.05, 0) is 37.1 Å². The number of alkyl halides is 1. The van der Waals surface area contributed by atoms with Gasteiger partial charge in [-0.2, -0.15) is 0 Å². The zero-order valence-corrected chi connectivity index (χ0v) is 10.6. The summed E-state index contributed by atoms with van der Waals surface area (Å²) in [6.45, 7) is 3.96. The Morgan fingerprint density at radius 3 is 2.29 bits per heavy atom. The summed E-state index contributed by atoms with van der Waals surface area (Å²) >= 11 is 8.99. The van der Waals surface area contributed by atoms with E-state index >= 15 is 0 Å². The van der Waals surface area contributed by atoms with Gasteiger partial charge in [0.2, 0.25) is 0 Å². The summed E-state index contributed by atoms with van der Waals surface area (Å²) in [5, 5.41) is 0. The van der Waals surface area contributed by atoms with Crippen LogP contribution in [-0.2, 0) is 0 Å². The molecule has 1 rings (SSSR count). The summed E-state index contributed by atoms with van der Waals surface area (Å²) in [7, 11) is 0. The fourth-order valence-corrected chi connectivity index (χ4v) is 1.74. The third-order valence-corrected chi connectivity index (χ3v) is 3.52. The lowest BCUT2D eigenvalue weighted by molar-refractivity contribution is 0.0989. The van der Waals surface area contributed by atoms with Crippen LogP contribution in [0.15, 0.2) is 16.6 Å². The molecule has 14 heavy (non-hydrogen) atoms. The highest BCUT2D eigenvalue weighted by Gasteiger charge is 2.08. The Morgan fingerprint density at radius 1 is 1.36 bits per heavy atom. The molecule has 1 nitrogen and oxygen atoms in total. The number of rotatable bonds is 3. The van der Waals surface area contributed by atoms with Gasteiger partial charge >= 0.3 is 0 Å². The fourth-order valence-electron chi connectivity index (χ4n) is 1.34. The molecule has 0 fully saturated rings. The van der Waals surface area contributed by atoms with E-state index < -0.39 is 0 Å². The third kappa shape index (κ3) is 2.58. The van der Waals surface area contributed by atoms with Crippen LogP contribution < -0.4 is 0 Å². The first-order valence-electron chi connectivity index (χ1n) is 4.42. The van der Waals surface area contributed by atoms with Crippen LogP contribution in [0.25, 0.3) is 0 Å². The predicted octanol–water partition coefficient (Wildman–Crippen LogP) is 3.88. The van der Waals surface area contributed by atoms with Crippen LogP contribution in [0.4, 0.5) is 0 Å². The molecule has 0 amide bonds. The largest absolute Gasteiger partial charge is 0.294 e. The van der Waals surface area contributed by atoms with Gasteiger partial charge in [0.05, 0.1) is 0 Å². The van der Waals surface area contributed by atoms with Crippen molar-refractivity contribution in [2.24, 2.45) is 0 Å². The molecule has 0 aliphatic heterocycles. The molecule has 0 aliphatic rings. The van der Waals surface area contributed by atoms with Crippen LogP contribution in [0.3, 0.4) is 0 Å². The van der Waals surface area contributed by atoms with Crippen LogP contribution in [0.2, 0.25) is 0 Å². The molecule has 0 atom stereocenters. The lowest BCUT2D eigenvalue weighted by atomic mass is 10.0. The van der Waals surface area contributed by atoms with E-state index in [1.807, 2.05) is 26.0 Å². The zero-order chi connectivity index (χ0) is 10.7. The molecule has 0 saturated carbocycles. The summed E-state index contributed by atoms with van der Waals surface area (Å²) in [6.07, 6.45) is 0.405. The molecule has 0 heterocycles. The summed E-state index contributed by atoms with van der Waals surface area (Å²) in [5.74, 6) is 0.492. The highest BCUT2D eigenvalue weighted by atomic mass is 79.9. The molecule has 1 aromatic carbocycles. The molecule has 0 bridgehead atoms. The first-order chi connectivity index (χ1) is 6.56. The van der Waals surface area contributed by atoms with Crippen molar-refractivity contribution >= 4 is 33.3 Å². The van der Waals surface area contributed by atoms with Crippen LogP contribution >= 0.6 is 27.5 Å². The second-order valence-corrected chi connectivity index (χ2v) is 4.46. The number of hydrogen-bond donors (Lipinski definition) is 0. The number of Topliss-reactive ketones (excluding diaryl/α,β-unsaturated/α-hetero) is 1. The number of halogens is 2. The normalized spacial score (nSPS) is 10.3. The smallest absolute Gasteiger partial charge is 0.164 e. The summed E-state index contributed by atoms with van der Waals surface area (Å²) in [4.78, 5) is 11.6. The van der Waals surface area contributed by atoms with Crippen molar-refractivity contribution in [2.45, 2.75) is 20.3 Å². The molecule has 3 heteroatoms. The van der Waals surface area contributed by atoms with Gasteiger partial charge in [0.15, 0.2) is 5.78 Å². The number of ketones is 1. The van der Waals surface area contributed by atoms with Gasteiger partial charge in [0.25, 0.3) is 0 Å². The van der Waals surface area contributed by atoms with Gasteiger partial charge in [-0.25, -0.2) is 0 Å². The Hall–Kier alpha value is -0.340. The average molecular weight is 276 g/mol. The Morgan fingerprint density at radius 2 is 1.86 bits per heavy atom. The van der Waals surface area contributed by atoms with E-state index in [0.29, 0.717) is 12.3 Å². The average Bonchev–Trinajstić information content (AvgIpc) is 2.13. The van der Waals surface area contributed by atoms with Crippen LogP contribution in [0, 0.1) is 13.8 Å². The van der Waals surface area contributed by atoms with E-state index in [1.165, 1.54) is 0 Å². The topological polar surface area (TPSA) is 17.1 Å². The summed E-state index contributed by atoms with van der Waals surface area (Å²) < 4.78 is 1.07. The fraction of sp³-hybridized carbons (Fsp3) is 0.364. The van der Waals surface area contributed by atoms with Crippen LogP contribution in [0.5, 0.6) is 0 Å². The highest BCUT2D eigenvalue weighted by Crippen LogP contribution is 2.23. The molecule has 0 radical (unpaired) electrons. The minimum atomic E-state index is 0.110. The van der Waals surface area contributed by atoms with Gasteiger partial charge in [-0.1, -0.05) is 15.9 Å². The summed E-state index contributed by atoms with van der Waals surface area (Å²) in [5.41, 5.74) is 2.93. The molecule has 0 saturated heterocycles. The number of hydrogen-bond acceptors (Lipinski definition) is 1. The monoisotopic (exact) mass is 274 g/mol. The maximum atomic E-state index is 11.6. The lowest BCUT2D eigenvalue weighted by Gasteiger charge is -2.06. The van der Waals surface area contributed by atoms with E-state index in [-0.39, 0.29) is 5.78 Å². The van der Waals surface area contributed by atoms with E-state index in [1.54, 1.807) is 0 Å². The number of benzene rings is 1. The number of carbonyl (C=O) groups is 1. The Balaban J connectivity index is 3.06. The first-order valence-corrected chi connectivity index (χ1v) is 5.75. The van der Waals surface area contributed by atoms with Crippen molar-refractivity contribution in [1.29, 1.82) is 0 Å². The van der Waals surface area contributed by atoms with Gasteiger partial charge < -0.3 is 0 Å². The van der Waals surface area contributed by atoms with Crippen molar-refractivity contribution < 1.29 is 4.79 Å². The Bertz CT molecular complexity index is 337. The molecule has 0 spiro atoms. The standard InChI is InChI=1S/C11H12BrClO/c1-7-5-9(10(14)3-4-13)6-8(2)11(7)12/h5-6H,3-4H2,1-2H3. The molecule has 0 aromatic heterocycles. The Labute approximate surface area is 97.6 Å². The number of aryl methyl sites for hydroxylation is 2. The van der Waals surface area contributed by atoms with Crippen LogP contribution in [0.1, 0.15) is 27.9 Å². The van der Waals surface area contributed by atoms with E-state index in [4.69, 9.17) is 11.6 Å². The maximum Gasteiger partial charge on any atom is 0.164 e. The minimum absolute atomic E-state index is 0.110. The first kappa shape index (κ1) is 11.7. The second-order valence-electron chi connectivity index (χ2n) is 3.29. The zero-order valence-electron chi connectivity index (χ0n) is 8.23. The van der Waals surface area contributed by atoms with Gasteiger partial charge in [-0.15, -0.1) is 11.6 Å². The van der Waals surface area contributed by atoms with Gasteiger partial charge in [0, 0.05) is 22.3 Å². The van der Waals surface area contributed by atoms with Crippen molar-refractivity contribution in [3.63, 3.8) is 0 Å². The molecule has 76 valence electrons. The van der Waals surface area contributed by atoms with Crippen molar-refractivity contribution in [1.82, 2.24) is 0 Å². The van der Waals surface area contributed by atoms with Crippen molar-refractivity contribution in [3.05, 3.63) is 33.3 Å². The van der Waals surface area contributed by atoms with Gasteiger partial charge in [-0.3, -0.25) is 4.79 Å². The third-order valence-electron chi connectivity index (χ3n) is 2.08. The molecular formula is C11H12BrClO. The number of carbonyl (C=O) groups excluding carboxylic acids is 1. The molecular weight excluding hydrogens is 263 g/mol. The van der Waals surface area contributed by atoms with E-state index in [0.717, 1.165) is 21.2 Å². The van der Waals surface area contributed by atoms with Crippen molar-refractivity contribution in [2.75, 3.05) is 5.88 Å². The summed E-state index contributed by atoms with van der Waals surface area (Å²) in [6, 6.07) is 3.79. The van der Waals surface area contributed by atoms with Gasteiger partial charge in [0.1, 0.15) is 0 Å². The lowest BCUT2D eigenvalue weighted by Crippen LogP contribution is -2.01. The molecule has 1 aromatic rings. The molecule has 0 N–H and O–H groups in total. The SMILES string of the molecule is Cc1cc(C(=O)CCCl)cc(C)c1Br. The molecule has 0 aliphatic carbocycles. The second kappa shape index (κ2) is 4.94. The Kier molecular flexibility index (Phi) is 4.14. The maximum absolute atomic E-state index is 11.6. The highest BCUT2D eigenvalue weighted by molar-refractivity contribution is 9.10. The predicted molar refractivity (Wildman–Crippen MR) is 63.3 cm³/mol. The minimum Gasteiger partial charge on any atom is -0.294 e. The van der Waals surface area contributed by atoms with E-state index in [2.05, 4.69) is 15.9 Å².